The number of halogens is 2. The molecule has 0 rings (SSSR count). The van der Waals surface area contributed by atoms with E-state index < -0.39 is 0 Å². The maximum atomic E-state index is 2.49. The van der Waals surface area contributed by atoms with Gasteiger partial charge in [0.25, 0.3) is 0 Å². The molecule has 4 atom stereocenters. The van der Waals surface area contributed by atoms with Crippen molar-refractivity contribution in [3.05, 3.63) is 0 Å². The Labute approximate surface area is 159 Å². The van der Waals surface area contributed by atoms with Crippen molar-refractivity contribution in [2.75, 3.05) is 5.90 Å². The fraction of sp³-hybridized carbons (Fsp3) is 1.00. The lowest BCUT2D eigenvalue weighted by atomic mass is 10.3. The first-order valence-electron chi connectivity index (χ1n) is 7.98. The smallest absolute Gasteiger partial charge is 0.0106 e. The molecule has 0 amide bonds. The van der Waals surface area contributed by atoms with Gasteiger partial charge in [0, 0.05) is 0 Å². The van der Waals surface area contributed by atoms with Crippen LogP contribution in [-0.4, -0.2) is 27.5 Å². The Balaban J connectivity index is -0.00000162. The second kappa shape index (κ2) is 11.4. The fourth-order valence-electron chi connectivity index (χ4n) is 2.63. The summed E-state index contributed by atoms with van der Waals surface area (Å²) in [5.41, 5.74) is 1.82. The van der Waals surface area contributed by atoms with E-state index in [-0.39, 0.29) is 49.8 Å². The second-order valence-electron chi connectivity index (χ2n) is 7.94. The van der Waals surface area contributed by atoms with Gasteiger partial charge in [-0.3, -0.25) is 0 Å². The Bertz CT molecular complexity index is 230. The summed E-state index contributed by atoms with van der Waals surface area (Å²) >= 11 is 0. The summed E-state index contributed by atoms with van der Waals surface area (Å²) in [7, 11) is 0.248. The summed E-state index contributed by atoms with van der Waals surface area (Å²) in [4.78, 5) is 0. The fourth-order valence-corrected chi connectivity index (χ4v) is 13.1. The minimum Gasteiger partial charge on any atom is -0.114 e. The molecule has 0 aliphatic heterocycles. The maximum Gasteiger partial charge on any atom is -0.0106 e. The Morgan fingerprint density at radius 3 is 1.05 bits per heavy atom. The van der Waals surface area contributed by atoms with Crippen molar-refractivity contribution < 1.29 is 0 Å². The van der Waals surface area contributed by atoms with Crippen molar-refractivity contribution in [1.82, 2.24) is 0 Å². The van der Waals surface area contributed by atoms with Crippen LogP contribution in [0.3, 0.4) is 0 Å². The highest BCUT2D eigenvalue weighted by molar-refractivity contribution is 8.93. The van der Waals surface area contributed by atoms with E-state index in [2.05, 4.69) is 69.2 Å². The topological polar surface area (TPSA) is 0 Å². The molecule has 0 bridgehead atoms. The lowest BCUT2D eigenvalue weighted by Crippen LogP contribution is -2.25. The van der Waals surface area contributed by atoms with Crippen LogP contribution in [0.25, 0.3) is 0 Å². The molecule has 4 unspecified atom stereocenters. The van der Waals surface area contributed by atoms with Gasteiger partial charge in [0.05, 0.1) is 0 Å². The minimum atomic E-state index is 0. The lowest BCUT2D eigenvalue weighted by molar-refractivity contribution is 0.742. The Kier molecular flexibility index (Phi) is 15.0. The van der Waals surface area contributed by atoms with Crippen molar-refractivity contribution in [2.45, 2.75) is 104 Å². The van der Waals surface area contributed by atoms with E-state index in [4.69, 9.17) is 0 Å². The SMILES string of the molecule is Br.Br.CCC(C)P(CP(C(C)CC)C(C)(C)C)C(C)(C)C. The molecule has 21 heavy (non-hydrogen) atoms. The molecule has 4 heteroatoms. The Morgan fingerprint density at radius 1 is 0.667 bits per heavy atom. The number of rotatable bonds is 6. The quantitative estimate of drug-likeness (QED) is 0.346. The van der Waals surface area contributed by atoms with Gasteiger partial charge in [0.2, 0.25) is 0 Å². The average molecular weight is 466 g/mol. The predicted octanol–water partition coefficient (Wildman–Crippen LogP) is 8.26. The third-order valence-electron chi connectivity index (χ3n) is 4.27. The van der Waals surface area contributed by atoms with Crippen LogP contribution in [-0.2, 0) is 0 Å². The molecule has 0 aromatic rings. The summed E-state index contributed by atoms with van der Waals surface area (Å²) in [5, 5.41) is 1.01. The third-order valence-corrected chi connectivity index (χ3v) is 13.0. The Morgan fingerprint density at radius 2 is 0.905 bits per heavy atom. The first-order chi connectivity index (χ1) is 8.45. The van der Waals surface area contributed by atoms with Crippen LogP contribution >= 0.6 is 49.8 Å². The van der Waals surface area contributed by atoms with Crippen LogP contribution in [0.5, 0.6) is 0 Å². The number of hydrogen-bond acceptors (Lipinski definition) is 0. The van der Waals surface area contributed by atoms with Crippen molar-refractivity contribution in [1.29, 1.82) is 0 Å². The van der Waals surface area contributed by atoms with Crippen LogP contribution in [0.4, 0.5) is 0 Å². The highest BCUT2D eigenvalue weighted by Crippen LogP contribution is 2.67. The van der Waals surface area contributed by atoms with Crippen molar-refractivity contribution in [3.8, 4) is 0 Å². The lowest BCUT2D eigenvalue weighted by Gasteiger charge is -2.44. The summed E-state index contributed by atoms with van der Waals surface area (Å²) in [6.07, 6.45) is 2.69. The van der Waals surface area contributed by atoms with Gasteiger partial charge in [-0.15, -0.1) is 34.0 Å². The second-order valence-corrected chi connectivity index (χ2v) is 15.4. The van der Waals surface area contributed by atoms with Crippen LogP contribution in [0, 0.1) is 0 Å². The molecular weight excluding hydrogens is 426 g/mol. The predicted molar refractivity (Wildman–Crippen MR) is 118 cm³/mol. The molecule has 0 nitrogen and oxygen atoms in total. The zero-order chi connectivity index (χ0) is 15.4. The summed E-state index contributed by atoms with van der Waals surface area (Å²) < 4.78 is 0. The summed E-state index contributed by atoms with van der Waals surface area (Å²) in [6, 6.07) is 0. The highest BCUT2D eigenvalue weighted by atomic mass is 79.9. The molecule has 0 saturated heterocycles. The molecule has 0 aliphatic carbocycles. The number of hydrogen-bond donors (Lipinski definition) is 0. The minimum absolute atomic E-state index is 0. The molecule has 0 aromatic heterocycles. The van der Waals surface area contributed by atoms with E-state index in [1.807, 2.05) is 0 Å². The zero-order valence-electron chi connectivity index (χ0n) is 16.0. The summed E-state index contributed by atoms with van der Waals surface area (Å²) in [6.45, 7) is 24.5. The third kappa shape index (κ3) is 9.64. The van der Waals surface area contributed by atoms with E-state index in [0.717, 1.165) is 11.3 Å². The normalized spacial score (nSPS) is 18.0. The van der Waals surface area contributed by atoms with Gasteiger partial charge in [-0.05, 0) is 40.4 Å². The van der Waals surface area contributed by atoms with Gasteiger partial charge in [0.15, 0.2) is 0 Å². The van der Waals surface area contributed by atoms with Gasteiger partial charge in [-0.25, -0.2) is 0 Å². The zero-order valence-corrected chi connectivity index (χ0v) is 21.2. The molecule has 0 heterocycles. The first kappa shape index (κ1) is 27.7. The van der Waals surface area contributed by atoms with E-state index in [1.165, 1.54) is 18.7 Å². The molecule has 0 aliphatic rings. The van der Waals surface area contributed by atoms with Crippen molar-refractivity contribution in [3.63, 3.8) is 0 Å². The molecule has 132 valence electrons. The van der Waals surface area contributed by atoms with Gasteiger partial charge in [-0.2, -0.15) is 0 Å². The molecule has 0 aromatic carbocycles. The Hall–Kier alpha value is 1.82. The van der Waals surface area contributed by atoms with Gasteiger partial charge < -0.3 is 0 Å². The van der Waals surface area contributed by atoms with Crippen LogP contribution in [0.2, 0.25) is 0 Å². The molecular formula is C17H40Br2P2. The highest BCUT2D eigenvalue weighted by Gasteiger charge is 2.36. The summed E-state index contributed by atoms with van der Waals surface area (Å²) in [5.74, 6) is 1.52. The van der Waals surface area contributed by atoms with Crippen LogP contribution in [0.15, 0.2) is 0 Å². The average Bonchev–Trinajstić information content (AvgIpc) is 2.24. The van der Waals surface area contributed by atoms with E-state index in [9.17, 15) is 0 Å². The van der Waals surface area contributed by atoms with E-state index >= 15 is 0 Å². The maximum absolute atomic E-state index is 2.49. The molecule has 0 saturated carbocycles. The largest absolute Gasteiger partial charge is 0.114 e. The van der Waals surface area contributed by atoms with Crippen LogP contribution < -0.4 is 0 Å². The van der Waals surface area contributed by atoms with Crippen LogP contribution in [0.1, 0.15) is 82.1 Å². The molecule has 0 radical (unpaired) electrons. The van der Waals surface area contributed by atoms with E-state index in [0.29, 0.717) is 10.3 Å². The van der Waals surface area contributed by atoms with Gasteiger partial charge in [-0.1, -0.05) is 85.1 Å². The van der Waals surface area contributed by atoms with Gasteiger partial charge in [0.1, 0.15) is 0 Å². The van der Waals surface area contributed by atoms with Crippen molar-refractivity contribution in [2.24, 2.45) is 0 Å². The monoisotopic (exact) mass is 464 g/mol. The first-order valence-corrected chi connectivity index (χ1v) is 11.2. The van der Waals surface area contributed by atoms with Crippen molar-refractivity contribution >= 4 is 49.8 Å². The standard InChI is InChI=1S/C17H38P2.2BrH/c1-11-14(3)18(16(5,6)7)13-19(15(4)12-2)17(8,9)10;;/h14-15H,11-13H2,1-10H3;2*1H. The molecule has 0 spiro atoms. The van der Waals surface area contributed by atoms with E-state index in [1.54, 1.807) is 0 Å². The molecule has 0 N–H and O–H groups in total. The van der Waals surface area contributed by atoms with Gasteiger partial charge >= 0.3 is 0 Å². The molecule has 0 fully saturated rings.